The predicted molar refractivity (Wildman–Crippen MR) is 79.5 cm³/mol. The van der Waals surface area contributed by atoms with E-state index >= 15 is 0 Å². The van der Waals surface area contributed by atoms with Crippen molar-refractivity contribution in [3.8, 4) is 5.75 Å². The van der Waals surface area contributed by atoms with Crippen LogP contribution in [0.15, 0.2) is 22.8 Å². The van der Waals surface area contributed by atoms with Crippen LogP contribution in [0, 0.1) is 5.92 Å². The van der Waals surface area contributed by atoms with Gasteiger partial charge in [0, 0.05) is 30.2 Å². The molecule has 2 aromatic rings. The van der Waals surface area contributed by atoms with E-state index in [1.807, 2.05) is 30.1 Å². The summed E-state index contributed by atoms with van der Waals surface area (Å²) >= 11 is 3.52. The molecule has 0 spiro atoms. The fourth-order valence-electron chi connectivity index (χ4n) is 2.65. The number of ether oxygens (including phenoxy) is 1. The van der Waals surface area contributed by atoms with Gasteiger partial charge >= 0.3 is 0 Å². The Labute approximate surface area is 121 Å². The lowest BCUT2D eigenvalue weighted by atomic mass is 10.0. The maximum Gasteiger partial charge on any atom is 0.131 e. The molecule has 0 amide bonds. The molecule has 102 valence electrons. The summed E-state index contributed by atoms with van der Waals surface area (Å²) in [6.45, 7) is 4.30. The van der Waals surface area contributed by atoms with Gasteiger partial charge in [0.1, 0.15) is 5.75 Å². The molecular formula is C14H18BrN3O. The van der Waals surface area contributed by atoms with Crippen LogP contribution in [0.25, 0.3) is 10.9 Å². The molecule has 2 heterocycles. The van der Waals surface area contributed by atoms with Crippen LogP contribution in [0.5, 0.6) is 5.75 Å². The van der Waals surface area contributed by atoms with E-state index in [1.165, 1.54) is 6.42 Å². The van der Waals surface area contributed by atoms with E-state index in [-0.39, 0.29) is 6.10 Å². The molecular weight excluding hydrogens is 306 g/mol. The summed E-state index contributed by atoms with van der Waals surface area (Å²) in [7, 11) is 1.93. The fraction of sp³-hybridized carbons (Fsp3) is 0.500. The molecule has 1 aromatic heterocycles. The number of benzene rings is 1. The van der Waals surface area contributed by atoms with E-state index < -0.39 is 0 Å². The van der Waals surface area contributed by atoms with Crippen LogP contribution in [0.3, 0.4) is 0 Å². The van der Waals surface area contributed by atoms with Gasteiger partial charge in [0.15, 0.2) is 0 Å². The van der Waals surface area contributed by atoms with Crippen molar-refractivity contribution >= 4 is 26.8 Å². The number of fused-ring (bicyclic) bond motifs is 1. The molecule has 3 rings (SSSR count). The van der Waals surface area contributed by atoms with Gasteiger partial charge in [-0.2, -0.15) is 5.10 Å². The minimum Gasteiger partial charge on any atom is -0.490 e. The maximum absolute atomic E-state index is 6.18. The van der Waals surface area contributed by atoms with E-state index in [2.05, 4.69) is 33.3 Å². The van der Waals surface area contributed by atoms with Crippen molar-refractivity contribution in [2.45, 2.75) is 19.4 Å². The van der Waals surface area contributed by atoms with Crippen LogP contribution in [-0.2, 0) is 7.05 Å². The Hall–Kier alpha value is -1.07. The van der Waals surface area contributed by atoms with E-state index in [4.69, 9.17) is 4.74 Å². The predicted octanol–water partition coefficient (Wildman–Crippen LogP) is 2.71. The molecule has 0 radical (unpaired) electrons. The Balaban J connectivity index is 1.90. The van der Waals surface area contributed by atoms with Crippen molar-refractivity contribution in [1.82, 2.24) is 15.1 Å². The normalized spacial score (nSPS) is 20.9. The van der Waals surface area contributed by atoms with Crippen LogP contribution >= 0.6 is 15.9 Å². The average molecular weight is 324 g/mol. The third-order valence-corrected chi connectivity index (χ3v) is 4.20. The molecule has 0 saturated carbocycles. The highest BCUT2D eigenvalue weighted by atomic mass is 79.9. The molecule has 1 aliphatic heterocycles. The Morgan fingerprint density at radius 3 is 3.11 bits per heavy atom. The largest absolute Gasteiger partial charge is 0.490 e. The van der Waals surface area contributed by atoms with Crippen molar-refractivity contribution in [3.63, 3.8) is 0 Å². The topological polar surface area (TPSA) is 39.1 Å². The minimum atomic E-state index is 0.215. The third-order valence-electron chi connectivity index (χ3n) is 3.74. The standard InChI is InChI=1S/C14H18BrN3O/c1-9(10-3-4-16-7-10)19-14-6-11(15)5-13-12(14)8-18(2)17-13/h5-6,8-10,16H,3-4,7H2,1-2H3/t9-,10-/m1/s1. The molecule has 2 atom stereocenters. The Morgan fingerprint density at radius 2 is 2.37 bits per heavy atom. The van der Waals surface area contributed by atoms with Gasteiger partial charge in [-0.25, -0.2) is 0 Å². The number of nitrogens with zero attached hydrogens (tertiary/aromatic N) is 2. The smallest absolute Gasteiger partial charge is 0.131 e. The first-order valence-electron chi connectivity index (χ1n) is 6.64. The van der Waals surface area contributed by atoms with Gasteiger partial charge in [-0.15, -0.1) is 0 Å². The number of halogens is 1. The molecule has 0 aliphatic carbocycles. The van der Waals surface area contributed by atoms with Crippen LogP contribution in [0.4, 0.5) is 0 Å². The fourth-order valence-corrected chi connectivity index (χ4v) is 3.07. The van der Waals surface area contributed by atoms with Crippen molar-refractivity contribution in [1.29, 1.82) is 0 Å². The van der Waals surface area contributed by atoms with Crippen molar-refractivity contribution in [2.24, 2.45) is 13.0 Å². The molecule has 4 nitrogen and oxygen atoms in total. The number of aryl methyl sites for hydroxylation is 1. The second-order valence-corrected chi connectivity index (χ2v) is 6.13. The summed E-state index contributed by atoms with van der Waals surface area (Å²) in [4.78, 5) is 0. The molecule has 1 saturated heterocycles. The van der Waals surface area contributed by atoms with Gasteiger partial charge in [-0.05, 0) is 32.0 Å². The van der Waals surface area contributed by atoms with E-state index in [1.54, 1.807) is 0 Å². The number of hydrogen-bond donors (Lipinski definition) is 1. The highest BCUT2D eigenvalue weighted by molar-refractivity contribution is 9.10. The summed E-state index contributed by atoms with van der Waals surface area (Å²) in [5, 5.41) is 8.89. The Kier molecular flexibility index (Phi) is 3.50. The van der Waals surface area contributed by atoms with Crippen molar-refractivity contribution in [2.75, 3.05) is 13.1 Å². The first-order chi connectivity index (χ1) is 9.13. The van der Waals surface area contributed by atoms with Gasteiger partial charge in [0.25, 0.3) is 0 Å². The van der Waals surface area contributed by atoms with Gasteiger partial charge in [-0.3, -0.25) is 4.68 Å². The summed E-state index contributed by atoms with van der Waals surface area (Å²) in [5.74, 6) is 1.50. The van der Waals surface area contributed by atoms with Gasteiger partial charge < -0.3 is 10.1 Å². The molecule has 0 unspecified atom stereocenters. The quantitative estimate of drug-likeness (QED) is 0.944. The minimum absolute atomic E-state index is 0.215. The second kappa shape index (κ2) is 5.13. The number of rotatable bonds is 3. The summed E-state index contributed by atoms with van der Waals surface area (Å²) in [5.41, 5.74) is 0.962. The molecule has 19 heavy (non-hydrogen) atoms. The Bertz CT molecular complexity index is 590. The number of aromatic nitrogens is 2. The average Bonchev–Trinajstić information content (AvgIpc) is 2.96. The third kappa shape index (κ3) is 2.62. The molecule has 1 aromatic carbocycles. The Morgan fingerprint density at radius 1 is 1.53 bits per heavy atom. The lowest BCUT2D eigenvalue weighted by Crippen LogP contribution is -2.25. The molecule has 0 bridgehead atoms. The molecule has 1 fully saturated rings. The SMILES string of the molecule is C[C@@H](Oc1cc(Br)cc2nn(C)cc12)[C@@H]1CCNC1. The zero-order valence-electron chi connectivity index (χ0n) is 11.2. The summed E-state index contributed by atoms with van der Waals surface area (Å²) in [6.07, 6.45) is 3.41. The van der Waals surface area contributed by atoms with Crippen LogP contribution < -0.4 is 10.1 Å². The van der Waals surface area contributed by atoms with Gasteiger partial charge in [0.2, 0.25) is 0 Å². The summed E-state index contributed by atoms with van der Waals surface area (Å²) in [6, 6.07) is 4.05. The second-order valence-electron chi connectivity index (χ2n) is 5.22. The highest BCUT2D eigenvalue weighted by Gasteiger charge is 2.23. The van der Waals surface area contributed by atoms with E-state index in [0.29, 0.717) is 5.92 Å². The molecule has 1 aliphatic rings. The maximum atomic E-state index is 6.18. The van der Waals surface area contributed by atoms with E-state index in [0.717, 1.165) is 34.2 Å². The first kappa shape index (κ1) is 12.9. The number of hydrogen-bond acceptors (Lipinski definition) is 3. The molecule has 1 N–H and O–H groups in total. The van der Waals surface area contributed by atoms with Crippen LogP contribution in [-0.4, -0.2) is 29.0 Å². The summed E-state index contributed by atoms with van der Waals surface area (Å²) < 4.78 is 9.01. The van der Waals surface area contributed by atoms with E-state index in [9.17, 15) is 0 Å². The van der Waals surface area contributed by atoms with Crippen molar-refractivity contribution < 1.29 is 4.74 Å². The zero-order chi connectivity index (χ0) is 13.4. The highest BCUT2D eigenvalue weighted by Crippen LogP contribution is 2.31. The molecule has 5 heteroatoms. The van der Waals surface area contributed by atoms with Gasteiger partial charge in [-0.1, -0.05) is 15.9 Å². The lowest BCUT2D eigenvalue weighted by Gasteiger charge is -2.20. The number of nitrogens with one attached hydrogen (secondary N) is 1. The monoisotopic (exact) mass is 323 g/mol. The van der Waals surface area contributed by atoms with Crippen molar-refractivity contribution in [3.05, 3.63) is 22.8 Å². The van der Waals surface area contributed by atoms with Crippen LogP contribution in [0.2, 0.25) is 0 Å². The lowest BCUT2D eigenvalue weighted by molar-refractivity contribution is 0.163. The first-order valence-corrected chi connectivity index (χ1v) is 7.43. The van der Waals surface area contributed by atoms with Crippen LogP contribution in [0.1, 0.15) is 13.3 Å². The van der Waals surface area contributed by atoms with Gasteiger partial charge in [0.05, 0.1) is 17.0 Å². The zero-order valence-corrected chi connectivity index (χ0v) is 12.8.